The molecular formula is C10H17NO3. The van der Waals surface area contributed by atoms with Gasteiger partial charge in [0.25, 0.3) is 0 Å². The fourth-order valence-corrected chi connectivity index (χ4v) is 1.81. The van der Waals surface area contributed by atoms with E-state index in [1.807, 2.05) is 13.8 Å². The Morgan fingerprint density at radius 3 is 2.57 bits per heavy atom. The second-order valence-corrected chi connectivity index (χ2v) is 4.17. The number of amides is 1. The standard InChI is InChI=1S/C10H17NO3/c1-7(2)6-8(10(13)14)11-5-3-4-9(11)12/h7-8H,3-6H2,1-2H3,(H,13,14)/t8-/m1/s1. The predicted octanol–water partition coefficient (Wildman–Crippen LogP) is 1.11. The lowest BCUT2D eigenvalue weighted by Gasteiger charge is -2.25. The van der Waals surface area contributed by atoms with E-state index in [0.717, 1.165) is 6.42 Å². The van der Waals surface area contributed by atoms with Crippen LogP contribution in [0.2, 0.25) is 0 Å². The molecule has 1 amide bonds. The fourth-order valence-electron chi connectivity index (χ4n) is 1.81. The third-order valence-electron chi connectivity index (χ3n) is 2.47. The molecule has 1 fully saturated rings. The Hall–Kier alpha value is -1.06. The Morgan fingerprint density at radius 1 is 1.57 bits per heavy atom. The van der Waals surface area contributed by atoms with Gasteiger partial charge in [-0.2, -0.15) is 0 Å². The van der Waals surface area contributed by atoms with E-state index in [1.165, 1.54) is 4.90 Å². The van der Waals surface area contributed by atoms with Crippen LogP contribution in [0.25, 0.3) is 0 Å². The topological polar surface area (TPSA) is 57.6 Å². The quantitative estimate of drug-likeness (QED) is 0.737. The maximum atomic E-state index is 11.4. The number of hydrogen-bond donors (Lipinski definition) is 1. The second kappa shape index (κ2) is 4.44. The van der Waals surface area contributed by atoms with Gasteiger partial charge in [0.05, 0.1) is 0 Å². The molecule has 1 saturated heterocycles. The van der Waals surface area contributed by atoms with Gasteiger partial charge in [-0.3, -0.25) is 4.79 Å². The summed E-state index contributed by atoms with van der Waals surface area (Å²) >= 11 is 0. The lowest BCUT2D eigenvalue weighted by Crippen LogP contribution is -2.42. The van der Waals surface area contributed by atoms with Crippen molar-refractivity contribution in [3.63, 3.8) is 0 Å². The van der Waals surface area contributed by atoms with Gasteiger partial charge in [0, 0.05) is 13.0 Å². The van der Waals surface area contributed by atoms with E-state index in [0.29, 0.717) is 25.3 Å². The van der Waals surface area contributed by atoms with Crippen LogP contribution in [0, 0.1) is 5.92 Å². The molecule has 1 aliphatic heterocycles. The van der Waals surface area contributed by atoms with E-state index in [1.54, 1.807) is 0 Å². The number of likely N-dealkylation sites (tertiary alicyclic amines) is 1. The minimum Gasteiger partial charge on any atom is -0.480 e. The molecule has 0 aromatic heterocycles. The van der Waals surface area contributed by atoms with E-state index in [-0.39, 0.29) is 5.91 Å². The molecule has 1 aliphatic rings. The third kappa shape index (κ3) is 2.47. The maximum absolute atomic E-state index is 11.4. The SMILES string of the molecule is CC(C)C[C@H](C(=O)O)N1CCCC1=O. The average molecular weight is 199 g/mol. The van der Waals surface area contributed by atoms with Crippen molar-refractivity contribution in [1.82, 2.24) is 4.90 Å². The number of carbonyl (C=O) groups is 2. The highest BCUT2D eigenvalue weighted by atomic mass is 16.4. The van der Waals surface area contributed by atoms with E-state index in [4.69, 9.17) is 5.11 Å². The second-order valence-electron chi connectivity index (χ2n) is 4.17. The Morgan fingerprint density at radius 2 is 2.21 bits per heavy atom. The predicted molar refractivity (Wildman–Crippen MR) is 51.8 cm³/mol. The normalized spacial score (nSPS) is 19.1. The van der Waals surface area contributed by atoms with E-state index < -0.39 is 12.0 Å². The summed E-state index contributed by atoms with van der Waals surface area (Å²) in [6.45, 7) is 4.54. The molecule has 1 N–H and O–H groups in total. The average Bonchev–Trinajstić information content (AvgIpc) is 2.46. The van der Waals surface area contributed by atoms with Gasteiger partial charge in [0.1, 0.15) is 6.04 Å². The zero-order valence-electron chi connectivity index (χ0n) is 8.69. The van der Waals surface area contributed by atoms with Gasteiger partial charge in [0.2, 0.25) is 5.91 Å². The van der Waals surface area contributed by atoms with Gasteiger partial charge < -0.3 is 10.0 Å². The monoisotopic (exact) mass is 199 g/mol. The summed E-state index contributed by atoms with van der Waals surface area (Å²) in [7, 11) is 0. The number of carboxylic acid groups (broad SMARTS) is 1. The molecule has 0 aliphatic carbocycles. The fraction of sp³-hybridized carbons (Fsp3) is 0.800. The third-order valence-corrected chi connectivity index (χ3v) is 2.47. The van der Waals surface area contributed by atoms with Crippen LogP contribution in [0.15, 0.2) is 0 Å². The van der Waals surface area contributed by atoms with Crippen molar-refractivity contribution < 1.29 is 14.7 Å². The first-order valence-electron chi connectivity index (χ1n) is 5.04. The molecule has 1 atom stereocenters. The van der Waals surface area contributed by atoms with Crippen LogP contribution < -0.4 is 0 Å². The van der Waals surface area contributed by atoms with Crippen LogP contribution >= 0.6 is 0 Å². The highest BCUT2D eigenvalue weighted by Gasteiger charge is 2.32. The molecule has 0 aromatic rings. The maximum Gasteiger partial charge on any atom is 0.326 e. The van der Waals surface area contributed by atoms with Crippen LogP contribution in [0.4, 0.5) is 0 Å². The number of carbonyl (C=O) groups excluding carboxylic acids is 1. The van der Waals surface area contributed by atoms with Crippen LogP contribution in [-0.4, -0.2) is 34.5 Å². The lowest BCUT2D eigenvalue weighted by molar-refractivity contribution is -0.149. The van der Waals surface area contributed by atoms with E-state index in [9.17, 15) is 9.59 Å². The molecule has 14 heavy (non-hydrogen) atoms. The van der Waals surface area contributed by atoms with Gasteiger partial charge in [-0.15, -0.1) is 0 Å². The summed E-state index contributed by atoms with van der Waals surface area (Å²) in [5.74, 6) is -0.600. The molecule has 0 radical (unpaired) electrons. The Kier molecular flexibility index (Phi) is 3.49. The first kappa shape index (κ1) is 11.0. The highest BCUT2D eigenvalue weighted by Crippen LogP contribution is 2.18. The first-order valence-corrected chi connectivity index (χ1v) is 5.04. The summed E-state index contributed by atoms with van der Waals surface area (Å²) in [6, 6.07) is -0.620. The van der Waals surface area contributed by atoms with Crippen LogP contribution in [-0.2, 0) is 9.59 Å². The van der Waals surface area contributed by atoms with Crippen molar-refractivity contribution in [3.8, 4) is 0 Å². The van der Waals surface area contributed by atoms with Crippen LogP contribution in [0.3, 0.4) is 0 Å². The molecule has 4 heteroatoms. The highest BCUT2D eigenvalue weighted by molar-refractivity contribution is 5.84. The molecule has 0 unspecified atom stereocenters. The molecule has 0 spiro atoms. The zero-order valence-corrected chi connectivity index (χ0v) is 8.69. The number of rotatable bonds is 4. The summed E-state index contributed by atoms with van der Waals surface area (Å²) < 4.78 is 0. The smallest absolute Gasteiger partial charge is 0.326 e. The van der Waals surface area contributed by atoms with Crippen LogP contribution in [0.1, 0.15) is 33.1 Å². The van der Waals surface area contributed by atoms with Crippen molar-refractivity contribution in [2.45, 2.75) is 39.2 Å². The summed E-state index contributed by atoms with van der Waals surface area (Å²) in [5.41, 5.74) is 0. The number of carboxylic acids is 1. The minimum atomic E-state index is -0.881. The number of hydrogen-bond acceptors (Lipinski definition) is 2. The number of aliphatic carboxylic acids is 1. The molecule has 1 rings (SSSR count). The van der Waals surface area contributed by atoms with Gasteiger partial charge in [-0.05, 0) is 18.8 Å². The van der Waals surface area contributed by atoms with Gasteiger partial charge in [-0.25, -0.2) is 4.79 Å². The van der Waals surface area contributed by atoms with Gasteiger partial charge in [0.15, 0.2) is 0 Å². The van der Waals surface area contributed by atoms with E-state index in [2.05, 4.69) is 0 Å². The Balaban J connectivity index is 2.66. The molecule has 0 aromatic carbocycles. The summed E-state index contributed by atoms with van der Waals surface area (Å²) in [5, 5.41) is 9.01. The summed E-state index contributed by atoms with van der Waals surface area (Å²) in [4.78, 5) is 23.8. The number of nitrogens with zero attached hydrogens (tertiary/aromatic N) is 1. The van der Waals surface area contributed by atoms with Crippen molar-refractivity contribution >= 4 is 11.9 Å². The first-order chi connectivity index (χ1) is 6.52. The van der Waals surface area contributed by atoms with Crippen molar-refractivity contribution in [1.29, 1.82) is 0 Å². The molecular weight excluding hydrogens is 182 g/mol. The molecule has 4 nitrogen and oxygen atoms in total. The lowest BCUT2D eigenvalue weighted by atomic mass is 10.0. The largest absolute Gasteiger partial charge is 0.480 e. The van der Waals surface area contributed by atoms with Crippen molar-refractivity contribution in [2.75, 3.05) is 6.54 Å². The van der Waals surface area contributed by atoms with Crippen LogP contribution in [0.5, 0.6) is 0 Å². The molecule has 0 saturated carbocycles. The molecule has 0 bridgehead atoms. The Labute approximate surface area is 83.9 Å². The summed E-state index contributed by atoms with van der Waals surface area (Å²) in [6.07, 6.45) is 1.84. The molecule has 1 heterocycles. The zero-order chi connectivity index (χ0) is 10.7. The van der Waals surface area contributed by atoms with Gasteiger partial charge >= 0.3 is 5.97 Å². The van der Waals surface area contributed by atoms with Crippen molar-refractivity contribution in [2.24, 2.45) is 5.92 Å². The Bertz CT molecular complexity index is 238. The van der Waals surface area contributed by atoms with E-state index >= 15 is 0 Å². The minimum absolute atomic E-state index is 0.0157. The molecule has 80 valence electrons. The van der Waals surface area contributed by atoms with Gasteiger partial charge in [-0.1, -0.05) is 13.8 Å². The van der Waals surface area contributed by atoms with Crippen molar-refractivity contribution in [3.05, 3.63) is 0 Å².